The van der Waals surface area contributed by atoms with Crippen molar-refractivity contribution in [3.05, 3.63) is 0 Å². The van der Waals surface area contributed by atoms with Crippen LogP contribution >= 0.6 is 0 Å². The number of hydrogen-bond acceptors (Lipinski definition) is 1. The Labute approximate surface area is 82.3 Å². The highest BCUT2D eigenvalue weighted by Gasteiger charge is 2.35. The summed E-state index contributed by atoms with van der Waals surface area (Å²) in [7, 11) is 0. The molecule has 1 nitrogen and oxygen atoms in total. The fourth-order valence-corrected chi connectivity index (χ4v) is 3.11. The molecule has 5 atom stereocenters. The van der Waals surface area contributed by atoms with E-state index in [4.69, 9.17) is 0 Å². The van der Waals surface area contributed by atoms with Gasteiger partial charge in [0.05, 0.1) is 0 Å². The van der Waals surface area contributed by atoms with E-state index in [1.807, 2.05) is 0 Å². The maximum absolute atomic E-state index is 3.80. The van der Waals surface area contributed by atoms with Gasteiger partial charge in [0.25, 0.3) is 0 Å². The lowest BCUT2D eigenvalue weighted by Crippen LogP contribution is -2.52. The molecule has 0 amide bonds. The molecular weight excluding hydrogens is 158 g/mol. The molecule has 13 heavy (non-hydrogen) atoms. The van der Waals surface area contributed by atoms with Crippen molar-refractivity contribution in [3.63, 3.8) is 0 Å². The van der Waals surface area contributed by atoms with Crippen LogP contribution in [0.5, 0.6) is 0 Å². The molecule has 0 aromatic heterocycles. The monoisotopic (exact) mass is 181 g/mol. The Kier molecular flexibility index (Phi) is 2.64. The van der Waals surface area contributed by atoms with Crippen LogP contribution in [0.1, 0.15) is 46.5 Å². The Bertz CT molecular complexity index is 178. The first-order chi connectivity index (χ1) is 6.16. The maximum Gasteiger partial charge on any atom is 0.0101 e. The van der Waals surface area contributed by atoms with Gasteiger partial charge in [0, 0.05) is 12.1 Å². The minimum absolute atomic E-state index is 0.742. The predicted molar refractivity (Wildman–Crippen MR) is 56.7 cm³/mol. The molecular formula is C12H23N. The average Bonchev–Trinajstić information content (AvgIpc) is 2.08. The van der Waals surface area contributed by atoms with Gasteiger partial charge in [-0.3, -0.25) is 0 Å². The van der Waals surface area contributed by atoms with Crippen molar-refractivity contribution in [3.8, 4) is 0 Å². The molecule has 1 aliphatic heterocycles. The molecule has 76 valence electrons. The number of hydrogen-bond donors (Lipinski definition) is 1. The molecule has 0 aromatic rings. The van der Waals surface area contributed by atoms with Crippen molar-refractivity contribution in [2.45, 2.75) is 58.5 Å². The molecule has 0 bridgehead atoms. The molecule has 2 rings (SSSR count). The number of fused-ring (bicyclic) bond motifs is 1. The minimum Gasteiger partial charge on any atom is -0.311 e. The van der Waals surface area contributed by atoms with E-state index in [1.54, 1.807) is 0 Å². The molecule has 5 unspecified atom stereocenters. The molecule has 1 heterocycles. The van der Waals surface area contributed by atoms with E-state index in [0.29, 0.717) is 0 Å². The Morgan fingerprint density at radius 1 is 1.00 bits per heavy atom. The average molecular weight is 181 g/mol. The van der Waals surface area contributed by atoms with Gasteiger partial charge >= 0.3 is 0 Å². The van der Waals surface area contributed by atoms with Crippen molar-refractivity contribution in [1.82, 2.24) is 5.32 Å². The smallest absolute Gasteiger partial charge is 0.0101 e. The topological polar surface area (TPSA) is 12.0 Å². The van der Waals surface area contributed by atoms with E-state index in [-0.39, 0.29) is 0 Å². The first kappa shape index (κ1) is 9.51. The fourth-order valence-electron chi connectivity index (χ4n) is 3.11. The fraction of sp³-hybridized carbons (Fsp3) is 1.00. The number of nitrogens with one attached hydrogen (secondary N) is 1. The van der Waals surface area contributed by atoms with E-state index in [0.717, 1.165) is 29.8 Å². The second-order valence-electron chi connectivity index (χ2n) is 5.45. The molecule has 2 fully saturated rings. The van der Waals surface area contributed by atoms with Crippen LogP contribution in [0.4, 0.5) is 0 Å². The molecule has 0 radical (unpaired) electrons. The van der Waals surface area contributed by atoms with Gasteiger partial charge in [-0.25, -0.2) is 0 Å². The van der Waals surface area contributed by atoms with Gasteiger partial charge in [-0.05, 0) is 43.9 Å². The third kappa shape index (κ3) is 1.90. The quantitative estimate of drug-likeness (QED) is 0.606. The summed E-state index contributed by atoms with van der Waals surface area (Å²) in [6.45, 7) is 7.15. The molecule has 0 aromatic carbocycles. The molecule has 2 aliphatic rings. The Morgan fingerprint density at radius 2 is 1.77 bits per heavy atom. The van der Waals surface area contributed by atoms with E-state index >= 15 is 0 Å². The summed E-state index contributed by atoms with van der Waals surface area (Å²) in [5.41, 5.74) is 0. The van der Waals surface area contributed by atoms with Crippen molar-refractivity contribution < 1.29 is 0 Å². The SMILES string of the molecule is CC1CCC2CC(C)C(C)NC2C1. The highest BCUT2D eigenvalue weighted by atomic mass is 15.0. The standard InChI is InChI=1S/C12H23N/c1-8-4-5-11-7-9(2)10(3)13-12(11)6-8/h8-13H,4-7H2,1-3H3. The lowest BCUT2D eigenvalue weighted by atomic mass is 9.71. The van der Waals surface area contributed by atoms with Crippen LogP contribution in [-0.2, 0) is 0 Å². The summed E-state index contributed by atoms with van der Waals surface area (Å²) < 4.78 is 0. The zero-order valence-electron chi connectivity index (χ0n) is 9.22. The van der Waals surface area contributed by atoms with Gasteiger partial charge < -0.3 is 5.32 Å². The summed E-state index contributed by atoms with van der Waals surface area (Å²) in [5.74, 6) is 2.83. The summed E-state index contributed by atoms with van der Waals surface area (Å²) in [4.78, 5) is 0. The minimum atomic E-state index is 0.742. The van der Waals surface area contributed by atoms with E-state index < -0.39 is 0 Å². The van der Waals surface area contributed by atoms with Gasteiger partial charge in [0.1, 0.15) is 0 Å². The lowest BCUT2D eigenvalue weighted by molar-refractivity contribution is 0.116. The van der Waals surface area contributed by atoms with Crippen molar-refractivity contribution in [2.75, 3.05) is 0 Å². The van der Waals surface area contributed by atoms with Crippen molar-refractivity contribution in [2.24, 2.45) is 17.8 Å². The predicted octanol–water partition coefficient (Wildman–Crippen LogP) is 2.81. The molecule has 1 saturated carbocycles. The van der Waals surface area contributed by atoms with Gasteiger partial charge in [0.2, 0.25) is 0 Å². The van der Waals surface area contributed by atoms with Gasteiger partial charge in [-0.15, -0.1) is 0 Å². The molecule has 1 heteroatoms. The molecule has 0 spiro atoms. The van der Waals surface area contributed by atoms with E-state index in [9.17, 15) is 0 Å². The molecule has 1 N–H and O–H groups in total. The van der Waals surface area contributed by atoms with Crippen LogP contribution in [0, 0.1) is 17.8 Å². The summed E-state index contributed by atoms with van der Waals surface area (Å²) >= 11 is 0. The first-order valence-corrected chi connectivity index (χ1v) is 5.93. The highest BCUT2D eigenvalue weighted by Crippen LogP contribution is 2.36. The van der Waals surface area contributed by atoms with Crippen LogP contribution in [-0.4, -0.2) is 12.1 Å². The highest BCUT2D eigenvalue weighted by molar-refractivity contribution is 4.92. The van der Waals surface area contributed by atoms with Crippen LogP contribution < -0.4 is 5.32 Å². The lowest BCUT2D eigenvalue weighted by Gasteiger charge is -2.44. The number of rotatable bonds is 0. The first-order valence-electron chi connectivity index (χ1n) is 5.93. The molecule has 1 aliphatic carbocycles. The Morgan fingerprint density at radius 3 is 2.54 bits per heavy atom. The number of piperidine rings is 1. The zero-order chi connectivity index (χ0) is 9.42. The zero-order valence-corrected chi connectivity index (χ0v) is 9.22. The Balaban J connectivity index is 1.98. The second-order valence-corrected chi connectivity index (χ2v) is 5.45. The Hall–Kier alpha value is -0.0400. The van der Waals surface area contributed by atoms with Crippen LogP contribution in [0.2, 0.25) is 0 Å². The van der Waals surface area contributed by atoms with Gasteiger partial charge in [-0.2, -0.15) is 0 Å². The molecule has 1 saturated heterocycles. The normalized spacial score (nSPS) is 51.5. The third-order valence-corrected chi connectivity index (χ3v) is 4.26. The van der Waals surface area contributed by atoms with E-state index in [1.165, 1.54) is 25.7 Å². The summed E-state index contributed by atoms with van der Waals surface area (Å²) in [6.07, 6.45) is 5.81. The van der Waals surface area contributed by atoms with Crippen molar-refractivity contribution in [1.29, 1.82) is 0 Å². The summed E-state index contributed by atoms with van der Waals surface area (Å²) in [6, 6.07) is 1.58. The second kappa shape index (κ2) is 3.61. The van der Waals surface area contributed by atoms with E-state index in [2.05, 4.69) is 26.1 Å². The third-order valence-electron chi connectivity index (χ3n) is 4.26. The van der Waals surface area contributed by atoms with Crippen LogP contribution in [0.15, 0.2) is 0 Å². The largest absolute Gasteiger partial charge is 0.311 e. The maximum atomic E-state index is 3.80. The van der Waals surface area contributed by atoms with Crippen LogP contribution in [0.25, 0.3) is 0 Å². The van der Waals surface area contributed by atoms with Crippen LogP contribution in [0.3, 0.4) is 0 Å². The van der Waals surface area contributed by atoms with Gasteiger partial charge in [0.15, 0.2) is 0 Å². The summed E-state index contributed by atoms with van der Waals surface area (Å²) in [5, 5.41) is 3.80. The van der Waals surface area contributed by atoms with Gasteiger partial charge in [-0.1, -0.05) is 20.3 Å². The van der Waals surface area contributed by atoms with Crippen molar-refractivity contribution >= 4 is 0 Å².